The van der Waals surface area contributed by atoms with Crippen LogP contribution in [0.25, 0.3) is 0 Å². The first-order chi connectivity index (χ1) is 9.19. The van der Waals surface area contributed by atoms with Crippen molar-refractivity contribution in [3.8, 4) is 5.75 Å². The lowest BCUT2D eigenvalue weighted by molar-refractivity contribution is 0.0593. The molecule has 1 aromatic heterocycles. The number of methoxy groups -OCH3 is 1. The highest BCUT2D eigenvalue weighted by atomic mass is 16.5. The van der Waals surface area contributed by atoms with Crippen LogP contribution in [0.1, 0.15) is 16.1 Å². The highest BCUT2D eigenvalue weighted by Crippen LogP contribution is 2.11. The number of ether oxygens (including phenoxy) is 1. The number of phenolic OH excluding ortho intramolecular Hbond substituents is 1. The number of nitrogens with zero attached hydrogens (tertiary/aromatic N) is 2. The van der Waals surface area contributed by atoms with Gasteiger partial charge >= 0.3 is 5.97 Å². The van der Waals surface area contributed by atoms with E-state index in [4.69, 9.17) is 5.11 Å². The Kier molecular flexibility index (Phi) is 3.92. The zero-order chi connectivity index (χ0) is 13.7. The van der Waals surface area contributed by atoms with Crippen molar-refractivity contribution < 1.29 is 14.6 Å². The number of esters is 1. The van der Waals surface area contributed by atoms with Crippen LogP contribution in [0.2, 0.25) is 0 Å². The van der Waals surface area contributed by atoms with Gasteiger partial charge < -0.3 is 15.2 Å². The number of anilines is 1. The van der Waals surface area contributed by atoms with Gasteiger partial charge in [-0.05, 0) is 29.8 Å². The van der Waals surface area contributed by atoms with Crippen LogP contribution in [0.3, 0.4) is 0 Å². The average molecular weight is 259 g/mol. The van der Waals surface area contributed by atoms with Gasteiger partial charge in [-0.3, -0.25) is 0 Å². The van der Waals surface area contributed by atoms with Crippen LogP contribution in [0.5, 0.6) is 5.75 Å². The van der Waals surface area contributed by atoms with Crippen molar-refractivity contribution in [1.82, 2.24) is 10.2 Å². The van der Waals surface area contributed by atoms with Gasteiger partial charge in [0.15, 0.2) is 5.69 Å². The van der Waals surface area contributed by atoms with E-state index in [0.29, 0.717) is 12.4 Å². The summed E-state index contributed by atoms with van der Waals surface area (Å²) in [6.45, 7) is 0.548. The summed E-state index contributed by atoms with van der Waals surface area (Å²) in [5, 5.41) is 19.8. The fraction of sp³-hybridized carbons (Fsp3) is 0.154. The van der Waals surface area contributed by atoms with E-state index < -0.39 is 5.97 Å². The second-order valence-corrected chi connectivity index (χ2v) is 3.82. The Morgan fingerprint density at radius 3 is 2.53 bits per heavy atom. The molecule has 2 aromatic rings. The summed E-state index contributed by atoms with van der Waals surface area (Å²) in [7, 11) is 1.29. The molecule has 0 unspecified atom stereocenters. The van der Waals surface area contributed by atoms with Crippen molar-refractivity contribution in [2.24, 2.45) is 0 Å². The Bertz CT molecular complexity index is 552. The first kappa shape index (κ1) is 12.8. The number of phenols is 1. The third kappa shape index (κ3) is 3.41. The van der Waals surface area contributed by atoms with E-state index in [-0.39, 0.29) is 11.4 Å². The summed E-state index contributed by atoms with van der Waals surface area (Å²) in [6, 6.07) is 10.0. The van der Waals surface area contributed by atoms with Gasteiger partial charge in [0.1, 0.15) is 11.6 Å². The third-order valence-corrected chi connectivity index (χ3v) is 2.47. The number of carbonyl (C=O) groups is 1. The topological polar surface area (TPSA) is 84.3 Å². The molecule has 6 heteroatoms. The molecule has 0 amide bonds. The minimum atomic E-state index is -0.516. The summed E-state index contributed by atoms with van der Waals surface area (Å²) in [5.41, 5.74) is 1.16. The number of rotatable bonds is 4. The second kappa shape index (κ2) is 5.81. The van der Waals surface area contributed by atoms with Gasteiger partial charge in [0.05, 0.1) is 7.11 Å². The Hall–Kier alpha value is -2.63. The molecule has 0 saturated heterocycles. The number of hydrogen-bond donors (Lipinski definition) is 2. The zero-order valence-electron chi connectivity index (χ0n) is 10.3. The Morgan fingerprint density at radius 2 is 1.95 bits per heavy atom. The maximum absolute atomic E-state index is 11.2. The standard InChI is InChI=1S/C13H13N3O3/c1-19-13(18)11-6-7-12(16-15-11)14-8-9-2-4-10(17)5-3-9/h2-7,17H,8H2,1H3,(H,14,16). The number of hydrogen-bond acceptors (Lipinski definition) is 6. The maximum atomic E-state index is 11.2. The molecule has 19 heavy (non-hydrogen) atoms. The molecule has 1 aromatic carbocycles. The van der Waals surface area contributed by atoms with Crippen molar-refractivity contribution in [1.29, 1.82) is 0 Å². The molecule has 0 spiro atoms. The highest BCUT2D eigenvalue weighted by molar-refractivity contribution is 5.86. The molecule has 1 heterocycles. The molecule has 0 radical (unpaired) electrons. The van der Waals surface area contributed by atoms with E-state index >= 15 is 0 Å². The molecule has 2 rings (SSSR count). The van der Waals surface area contributed by atoms with Crippen LogP contribution >= 0.6 is 0 Å². The summed E-state index contributed by atoms with van der Waals surface area (Å²) in [5.74, 6) is 0.268. The van der Waals surface area contributed by atoms with Crippen LogP contribution in [0.15, 0.2) is 36.4 Å². The first-order valence-electron chi connectivity index (χ1n) is 5.63. The third-order valence-electron chi connectivity index (χ3n) is 2.47. The van der Waals surface area contributed by atoms with Gasteiger partial charge in [0.2, 0.25) is 0 Å². The minimum absolute atomic E-state index is 0.165. The fourth-order valence-corrected chi connectivity index (χ4v) is 1.45. The van der Waals surface area contributed by atoms with Gasteiger partial charge in [-0.1, -0.05) is 12.1 Å². The van der Waals surface area contributed by atoms with E-state index in [0.717, 1.165) is 5.56 Å². The molecule has 0 aliphatic rings. The Labute approximate surface area is 110 Å². The van der Waals surface area contributed by atoms with Gasteiger partial charge in [-0.25, -0.2) is 4.79 Å². The quantitative estimate of drug-likeness (QED) is 0.811. The Balaban J connectivity index is 1.96. The van der Waals surface area contributed by atoms with Crippen LogP contribution in [0, 0.1) is 0 Å². The van der Waals surface area contributed by atoms with Crippen LogP contribution in [-0.4, -0.2) is 28.4 Å². The molecular formula is C13H13N3O3. The molecule has 0 aliphatic heterocycles. The van der Waals surface area contributed by atoms with E-state index in [9.17, 15) is 4.79 Å². The van der Waals surface area contributed by atoms with E-state index in [1.165, 1.54) is 13.2 Å². The van der Waals surface area contributed by atoms with Crippen LogP contribution < -0.4 is 5.32 Å². The van der Waals surface area contributed by atoms with Gasteiger partial charge in [-0.2, -0.15) is 0 Å². The summed E-state index contributed by atoms with van der Waals surface area (Å²) >= 11 is 0. The molecule has 6 nitrogen and oxygen atoms in total. The van der Waals surface area contributed by atoms with Gasteiger partial charge in [-0.15, -0.1) is 10.2 Å². The number of benzene rings is 1. The highest BCUT2D eigenvalue weighted by Gasteiger charge is 2.07. The second-order valence-electron chi connectivity index (χ2n) is 3.82. The molecular weight excluding hydrogens is 246 g/mol. The fourth-order valence-electron chi connectivity index (χ4n) is 1.45. The molecule has 0 atom stereocenters. The number of aromatic nitrogens is 2. The number of aromatic hydroxyl groups is 1. The van der Waals surface area contributed by atoms with Crippen molar-refractivity contribution >= 4 is 11.8 Å². The van der Waals surface area contributed by atoms with Gasteiger partial charge in [0, 0.05) is 6.54 Å². The molecule has 98 valence electrons. The SMILES string of the molecule is COC(=O)c1ccc(NCc2ccc(O)cc2)nn1. The van der Waals surface area contributed by atoms with Crippen molar-refractivity contribution in [3.05, 3.63) is 47.7 Å². The number of carbonyl (C=O) groups excluding carboxylic acids is 1. The predicted molar refractivity (Wildman–Crippen MR) is 68.8 cm³/mol. The Morgan fingerprint density at radius 1 is 1.21 bits per heavy atom. The number of nitrogens with one attached hydrogen (secondary N) is 1. The first-order valence-corrected chi connectivity index (χ1v) is 5.63. The summed E-state index contributed by atoms with van der Waals surface area (Å²) in [4.78, 5) is 11.2. The predicted octanol–water partition coefficient (Wildman–Crippen LogP) is 1.58. The summed E-state index contributed by atoms with van der Waals surface area (Å²) < 4.78 is 4.53. The lowest BCUT2D eigenvalue weighted by Gasteiger charge is -2.05. The normalized spacial score (nSPS) is 9.95. The van der Waals surface area contributed by atoms with Crippen LogP contribution in [0.4, 0.5) is 5.82 Å². The van der Waals surface area contributed by atoms with E-state index in [2.05, 4.69) is 20.3 Å². The molecule has 0 aliphatic carbocycles. The zero-order valence-corrected chi connectivity index (χ0v) is 10.3. The largest absolute Gasteiger partial charge is 0.508 e. The molecule has 2 N–H and O–H groups in total. The molecule has 0 fully saturated rings. The summed E-state index contributed by atoms with van der Waals surface area (Å²) in [6.07, 6.45) is 0. The average Bonchev–Trinajstić information content (AvgIpc) is 2.46. The molecule has 0 saturated carbocycles. The van der Waals surface area contributed by atoms with Crippen LogP contribution in [-0.2, 0) is 11.3 Å². The lowest BCUT2D eigenvalue weighted by atomic mass is 10.2. The maximum Gasteiger partial charge on any atom is 0.358 e. The van der Waals surface area contributed by atoms with Crippen molar-refractivity contribution in [3.63, 3.8) is 0 Å². The van der Waals surface area contributed by atoms with Gasteiger partial charge in [0.25, 0.3) is 0 Å². The van der Waals surface area contributed by atoms with Crippen molar-refractivity contribution in [2.45, 2.75) is 6.54 Å². The van der Waals surface area contributed by atoms with E-state index in [1.54, 1.807) is 30.3 Å². The minimum Gasteiger partial charge on any atom is -0.508 e. The smallest absolute Gasteiger partial charge is 0.358 e. The van der Waals surface area contributed by atoms with Crippen molar-refractivity contribution in [2.75, 3.05) is 12.4 Å². The lowest BCUT2D eigenvalue weighted by Crippen LogP contribution is -2.07. The van der Waals surface area contributed by atoms with E-state index in [1.807, 2.05) is 0 Å². The molecule has 0 bridgehead atoms. The monoisotopic (exact) mass is 259 g/mol.